The predicted molar refractivity (Wildman–Crippen MR) is 70.0 cm³/mol. The van der Waals surface area contributed by atoms with Gasteiger partial charge in [0.25, 0.3) is 5.91 Å². The third-order valence-electron chi connectivity index (χ3n) is 1.82. The second-order valence-corrected chi connectivity index (χ2v) is 4.19. The van der Waals surface area contributed by atoms with Crippen LogP contribution in [-0.4, -0.2) is 25.1 Å². The molecule has 7 heteroatoms. The molecule has 0 spiro atoms. The lowest BCUT2D eigenvalue weighted by Crippen LogP contribution is -2.48. The highest BCUT2D eigenvalue weighted by Gasteiger charge is 2.04. The lowest BCUT2D eigenvalue weighted by molar-refractivity contribution is -0.123. The zero-order valence-electron chi connectivity index (χ0n) is 9.83. The minimum atomic E-state index is -0.465. The summed E-state index contributed by atoms with van der Waals surface area (Å²) in [5.41, 5.74) is 4.41. The molecule has 0 saturated heterocycles. The van der Waals surface area contributed by atoms with Crippen molar-refractivity contribution in [2.24, 2.45) is 0 Å². The monoisotopic (exact) mass is 315 g/mol. The maximum absolute atomic E-state index is 11.3. The maximum atomic E-state index is 11.3. The molecule has 0 heterocycles. The minimum Gasteiger partial charge on any atom is -0.484 e. The second-order valence-electron chi connectivity index (χ2n) is 3.28. The number of urea groups is 1. The third kappa shape index (κ3) is 5.53. The van der Waals surface area contributed by atoms with Crippen LogP contribution in [0.25, 0.3) is 0 Å². The molecule has 0 bridgehead atoms. The third-order valence-corrected chi connectivity index (χ3v) is 2.31. The largest absolute Gasteiger partial charge is 0.484 e. The van der Waals surface area contributed by atoms with Gasteiger partial charge in [-0.2, -0.15) is 0 Å². The second kappa shape index (κ2) is 7.54. The molecule has 3 N–H and O–H groups in total. The van der Waals surface area contributed by atoms with Crippen LogP contribution in [-0.2, 0) is 4.79 Å². The number of halogens is 1. The molecule has 18 heavy (non-hydrogen) atoms. The average molecular weight is 316 g/mol. The van der Waals surface area contributed by atoms with Gasteiger partial charge in [-0.15, -0.1) is 0 Å². The first-order chi connectivity index (χ1) is 8.61. The summed E-state index contributed by atoms with van der Waals surface area (Å²) in [7, 11) is 0. The molecule has 0 unspecified atom stereocenters. The molecule has 0 fully saturated rings. The molecule has 6 nitrogen and oxygen atoms in total. The average Bonchev–Trinajstić information content (AvgIpc) is 2.34. The molecule has 0 atom stereocenters. The van der Waals surface area contributed by atoms with Crippen LogP contribution in [0.3, 0.4) is 0 Å². The highest BCUT2D eigenvalue weighted by atomic mass is 79.9. The van der Waals surface area contributed by atoms with E-state index in [4.69, 9.17) is 4.74 Å². The van der Waals surface area contributed by atoms with Crippen LogP contribution in [0.15, 0.2) is 28.7 Å². The smallest absolute Gasteiger partial charge is 0.333 e. The van der Waals surface area contributed by atoms with Crippen molar-refractivity contribution in [1.29, 1.82) is 0 Å². The van der Waals surface area contributed by atoms with Crippen molar-refractivity contribution >= 4 is 27.9 Å². The van der Waals surface area contributed by atoms with Crippen LogP contribution < -0.4 is 20.9 Å². The molecule has 98 valence electrons. The standard InChI is InChI=1S/C11H14BrN3O3/c1-2-13-11(17)15-14-10(16)7-18-9-5-3-4-8(12)6-9/h3-6H,2,7H2,1H3,(H,14,16)(H2,13,15,17). The van der Waals surface area contributed by atoms with Crippen LogP contribution in [0.2, 0.25) is 0 Å². The molecule has 0 saturated carbocycles. The molecular formula is C11H14BrN3O3. The Balaban J connectivity index is 2.27. The summed E-state index contributed by atoms with van der Waals surface area (Å²) in [6.07, 6.45) is 0. The molecule has 3 amide bonds. The highest BCUT2D eigenvalue weighted by molar-refractivity contribution is 9.10. The first-order valence-corrected chi connectivity index (χ1v) is 6.12. The Morgan fingerprint density at radius 3 is 2.78 bits per heavy atom. The number of carbonyl (C=O) groups excluding carboxylic acids is 2. The number of rotatable bonds is 4. The SMILES string of the molecule is CCNC(=O)NNC(=O)COc1cccc(Br)c1. The summed E-state index contributed by atoms with van der Waals surface area (Å²) < 4.78 is 6.09. The molecule has 0 aliphatic heterocycles. The van der Waals surface area contributed by atoms with E-state index in [-0.39, 0.29) is 6.61 Å². The quantitative estimate of drug-likeness (QED) is 0.730. The van der Waals surface area contributed by atoms with E-state index in [0.29, 0.717) is 12.3 Å². The van der Waals surface area contributed by atoms with Gasteiger partial charge in [0, 0.05) is 11.0 Å². The van der Waals surface area contributed by atoms with Gasteiger partial charge in [-0.05, 0) is 25.1 Å². The Morgan fingerprint density at radius 2 is 2.11 bits per heavy atom. The summed E-state index contributed by atoms with van der Waals surface area (Å²) in [6, 6.07) is 6.65. The molecule has 1 rings (SSSR count). The van der Waals surface area contributed by atoms with Crippen LogP contribution in [0.5, 0.6) is 5.75 Å². The molecule has 0 aliphatic carbocycles. The van der Waals surface area contributed by atoms with Crippen molar-refractivity contribution in [2.45, 2.75) is 6.92 Å². The van der Waals surface area contributed by atoms with Crippen molar-refractivity contribution < 1.29 is 14.3 Å². The van der Waals surface area contributed by atoms with Gasteiger partial charge in [0.1, 0.15) is 5.75 Å². The number of benzene rings is 1. The van der Waals surface area contributed by atoms with Crippen molar-refractivity contribution in [1.82, 2.24) is 16.2 Å². The maximum Gasteiger partial charge on any atom is 0.333 e. The normalized spacial score (nSPS) is 9.44. The van der Waals surface area contributed by atoms with E-state index in [0.717, 1.165) is 4.47 Å². The van der Waals surface area contributed by atoms with Gasteiger partial charge >= 0.3 is 6.03 Å². The topological polar surface area (TPSA) is 79.5 Å². The summed E-state index contributed by atoms with van der Waals surface area (Å²) in [4.78, 5) is 22.3. The molecule has 1 aromatic carbocycles. The number of nitrogens with one attached hydrogen (secondary N) is 3. The van der Waals surface area contributed by atoms with Gasteiger partial charge in [-0.3, -0.25) is 10.2 Å². The van der Waals surface area contributed by atoms with E-state index in [9.17, 15) is 9.59 Å². The van der Waals surface area contributed by atoms with E-state index in [1.807, 2.05) is 6.07 Å². The van der Waals surface area contributed by atoms with Gasteiger partial charge in [0.05, 0.1) is 0 Å². The zero-order chi connectivity index (χ0) is 13.4. The number of ether oxygens (including phenoxy) is 1. The van der Waals surface area contributed by atoms with Gasteiger partial charge in [-0.25, -0.2) is 10.2 Å². The predicted octanol–water partition coefficient (Wildman–Crippen LogP) is 1.18. The Hall–Kier alpha value is -1.76. The Bertz CT molecular complexity index is 426. The van der Waals surface area contributed by atoms with E-state index >= 15 is 0 Å². The van der Waals surface area contributed by atoms with Gasteiger partial charge in [0.2, 0.25) is 0 Å². The van der Waals surface area contributed by atoms with Gasteiger partial charge in [0.15, 0.2) is 6.61 Å². The molecule has 0 radical (unpaired) electrons. The molecule has 1 aromatic rings. The Kier molecular flexibility index (Phi) is 5.99. The molecule has 0 aliphatic rings. The fourth-order valence-corrected chi connectivity index (χ4v) is 1.45. The van der Waals surface area contributed by atoms with Crippen molar-refractivity contribution in [2.75, 3.05) is 13.2 Å². The summed E-state index contributed by atoms with van der Waals surface area (Å²) in [6.45, 7) is 2.08. The van der Waals surface area contributed by atoms with E-state index in [2.05, 4.69) is 32.1 Å². The Morgan fingerprint density at radius 1 is 1.33 bits per heavy atom. The van der Waals surface area contributed by atoms with Crippen molar-refractivity contribution in [3.05, 3.63) is 28.7 Å². The number of amides is 3. The number of carbonyl (C=O) groups is 2. The number of hydrazine groups is 1. The van der Waals surface area contributed by atoms with E-state index < -0.39 is 11.9 Å². The lowest BCUT2D eigenvalue weighted by atomic mass is 10.3. The first kappa shape index (κ1) is 14.3. The molecule has 0 aromatic heterocycles. The first-order valence-electron chi connectivity index (χ1n) is 5.33. The zero-order valence-corrected chi connectivity index (χ0v) is 11.4. The fraction of sp³-hybridized carbons (Fsp3) is 0.273. The van der Waals surface area contributed by atoms with Crippen LogP contribution in [0, 0.1) is 0 Å². The minimum absolute atomic E-state index is 0.178. The Labute approximate surface area is 113 Å². The van der Waals surface area contributed by atoms with Crippen LogP contribution in [0.4, 0.5) is 4.79 Å². The number of hydrogen-bond donors (Lipinski definition) is 3. The lowest BCUT2D eigenvalue weighted by Gasteiger charge is -2.09. The van der Waals surface area contributed by atoms with E-state index in [1.165, 1.54) is 0 Å². The molecular weight excluding hydrogens is 302 g/mol. The summed E-state index contributed by atoms with van der Waals surface area (Å²) in [5.74, 6) is 0.124. The van der Waals surface area contributed by atoms with Crippen molar-refractivity contribution in [3.8, 4) is 5.75 Å². The fourth-order valence-electron chi connectivity index (χ4n) is 1.07. The van der Waals surface area contributed by atoms with Crippen LogP contribution in [0.1, 0.15) is 6.92 Å². The summed E-state index contributed by atoms with van der Waals surface area (Å²) >= 11 is 3.29. The number of hydrogen-bond acceptors (Lipinski definition) is 3. The van der Waals surface area contributed by atoms with E-state index in [1.54, 1.807) is 25.1 Å². The van der Waals surface area contributed by atoms with Gasteiger partial charge in [-0.1, -0.05) is 22.0 Å². The van der Waals surface area contributed by atoms with Crippen molar-refractivity contribution in [3.63, 3.8) is 0 Å². The summed E-state index contributed by atoms with van der Waals surface area (Å²) in [5, 5.41) is 2.47. The van der Waals surface area contributed by atoms with Crippen LogP contribution >= 0.6 is 15.9 Å². The highest BCUT2D eigenvalue weighted by Crippen LogP contribution is 2.17. The van der Waals surface area contributed by atoms with Gasteiger partial charge < -0.3 is 10.1 Å².